The molecule has 0 aliphatic rings. The van der Waals surface area contributed by atoms with Gasteiger partial charge in [0.2, 0.25) is 0 Å². The number of nitrogens with one attached hydrogen (secondary N) is 1. The van der Waals surface area contributed by atoms with Gasteiger partial charge in [-0.2, -0.15) is 0 Å². The molecule has 2 unspecified atom stereocenters. The van der Waals surface area contributed by atoms with Crippen molar-refractivity contribution in [3.8, 4) is 0 Å². The molecular formula is C16H20FNO2. The predicted octanol–water partition coefficient (Wildman–Crippen LogP) is 3.06. The van der Waals surface area contributed by atoms with Crippen molar-refractivity contribution >= 4 is 0 Å². The highest BCUT2D eigenvalue weighted by Gasteiger charge is 2.13. The molecular weight excluding hydrogens is 257 g/mol. The Hall–Kier alpha value is -1.65. The third-order valence-corrected chi connectivity index (χ3v) is 3.33. The van der Waals surface area contributed by atoms with Crippen LogP contribution >= 0.6 is 0 Å². The summed E-state index contributed by atoms with van der Waals surface area (Å²) in [4.78, 5) is 0. The van der Waals surface area contributed by atoms with E-state index in [1.165, 1.54) is 6.07 Å². The lowest BCUT2D eigenvalue weighted by atomic mass is 10.1. The zero-order valence-electron chi connectivity index (χ0n) is 11.6. The van der Waals surface area contributed by atoms with Crippen molar-refractivity contribution in [1.82, 2.24) is 5.32 Å². The molecule has 0 saturated heterocycles. The standard InChI is InChI=1S/C16H20FNO2/c1-12(8-9-13-5-4-10-20-13)18-11-16(19)14-6-2-3-7-15(14)17/h2-7,10,12,16,18-19H,8-9,11H2,1H3. The van der Waals surface area contributed by atoms with Crippen LogP contribution < -0.4 is 5.32 Å². The van der Waals surface area contributed by atoms with Gasteiger partial charge in [-0.05, 0) is 31.5 Å². The topological polar surface area (TPSA) is 45.4 Å². The van der Waals surface area contributed by atoms with Crippen LogP contribution in [-0.2, 0) is 6.42 Å². The Morgan fingerprint density at radius 2 is 2.05 bits per heavy atom. The second-order valence-corrected chi connectivity index (χ2v) is 4.96. The fourth-order valence-corrected chi connectivity index (χ4v) is 2.08. The van der Waals surface area contributed by atoms with E-state index in [2.05, 4.69) is 5.32 Å². The summed E-state index contributed by atoms with van der Waals surface area (Å²) in [6, 6.07) is 10.3. The molecule has 20 heavy (non-hydrogen) atoms. The number of furan rings is 1. The van der Waals surface area contributed by atoms with Crippen LogP contribution in [0.3, 0.4) is 0 Å². The Kier molecular flexibility index (Phi) is 5.32. The maximum absolute atomic E-state index is 13.5. The van der Waals surface area contributed by atoms with Crippen LogP contribution in [0, 0.1) is 5.82 Å². The summed E-state index contributed by atoms with van der Waals surface area (Å²) in [5.74, 6) is 0.582. The highest BCUT2D eigenvalue weighted by atomic mass is 19.1. The van der Waals surface area contributed by atoms with Crippen LogP contribution in [0.25, 0.3) is 0 Å². The van der Waals surface area contributed by atoms with Gasteiger partial charge in [0.05, 0.1) is 12.4 Å². The number of hydrogen-bond acceptors (Lipinski definition) is 3. The van der Waals surface area contributed by atoms with Gasteiger partial charge in [0.25, 0.3) is 0 Å². The van der Waals surface area contributed by atoms with E-state index in [1.54, 1.807) is 24.5 Å². The molecule has 2 N–H and O–H groups in total. The lowest BCUT2D eigenvalue weighted by Crippen LogP contribution is -2.31. The molecule has 2 rings (SSSR count). The molecule has 108 valence electrons. The molecule has 0 aliphatic carbocycles. The molecule has 2 atom stereocenters. The lowest BCUT2D eigenvalue weighted by Gasteiger charge is -2.17. The fourth-order valence-electron chi connectivity index (χ4n) is 2.08. The van der Waals surface area contributed by atoms with Crippen LogP contribution in [0.4, 0.5) is 4.39 Å². The van der Waals surface area contributed by atoms with Crippen molar-refractivity contribution in [2.45, 2.75) is 31.9 Å². The minimum Gasteiger partial charge on any atom is -0.469 e. The van der Waals surface area contributed by atoms with E-state index in [4.69, 9.17) is 4.42 Å². The van der Waals surface area contributed by atoms with Gasteiger partial charge >= 0.3 is 0 Å². The number of aliphatic hydroxyl groups is 1. The summed E-state index contributed by atoms with van der Waals surface area (Å²) in [6.07, 6.45) is 2.58. The zero-order valence-corrected chi connectivity index (χ0v) is 11.6. The molecule has 0 aliphatic heterocycles. The van der Waals surface area contributed by atoms with Gasteiger partial charge in [0.15, 0.2) is 0 Å². The molecule has 0 spiro atoms. The smallest absolute Gasteiger partial charge is 0.129 e. The first kappa shape index (κ1) is 14.8. The summed E-state index contributed by atoms with van der Waals surface area (Å²) in [7, 11) is 0. The first-order valence-corrected chi connectivity index (χ1v) is 6.85. The highest BCUT2D eigenvalue weighted by molar-refractivity contribution is 5.20. The Balaban J connectivity index is 1.75. The summed E-state index contributed by atoms with van der Waals surface area (Å²) in [5, 5.41) is 13.2. The van der Waals surface area contributed by atoms with Crippen LogP contribution in [-0.4, -0.2) is 17.7 Å². The minimum atomic E-state index is -0.831. The molecule has 1 aromatic carbocycles. The molecule has 0 bridgehead atoms. The van der Waals surface area contributed by atoms with Crippen molar-refractivity contribution in [2.75, 3.05) is 6.54 Å². The van der Waals surface area contributed by atoms with Crippen molar-refractivity contribution in [3.63, 3.8) is 0 Å². The molecule has 0 saturated carbocycles. The number of aliphatic hydroxyl groups excluding tert-OH is 1. The lowest BCUT2D eigenvalue weighted by molar-refractivity contribution is 0.165. The largest absolute Gasteiger partial charge is 0.469 e. The molecule has 2 aromatic rings. The van der Waals surface area contributed by atoms with Crippen molar-refractivity contribution in [2.24, 2.45) is 0 Å². The van der Waals surface area contributed by atoms with Crippen molar-refractivity contribution < 1.29 is 13.9 Å². The molecule has 0 amide bonds. The summed E-state index contributed by atoms with van der Waals surface area (Å²) < 4.78 is 18.8. The number of halogens is 1. The van der Waals surface area contributed by atoms with E-state index >= 15 is 0 Å². The monoisotopic (exact) mass is 277 g/mol. The summed E-state index contributed by atoms with van der Waals surface area (Å²) >= 11 is 0. The fraction of sp³-hybridized carbons (Fsp3) is 0.375. The van der Waals surface area contributed by atoms with E-state index in [1.807, 2.05) is 19.1 Å². The van der Waals surface area contributed by atoms with Crippen LogP contribution in [0.1, 0.15) is 30.8 Å². The molecule has 3 nitrogen and oxygen atoms in total. The number of hydrogen-bond donors (Lipinski definition) is 2. The Morgan fingerprint density at radius 3 is 2.75 bits per heavy atom. The minimum absolute atomic E-state index is 0.224. The van der Waals surface area contributed by atoms with Crippen LogP contribution in [0.2, 0.25) is 0 Å². The first-order chi connectivity index (χ1) is 9.66. The van der Waals surface area contributed by atoms with E-state index in [0.29, 0.717) is 12.1 Å². The van der Waals surface area contributed by atoms with Crippen LogP contribution in [0.15, 0.2) is 47.1 Å². The van der Waals surface area contributed by atoms with E-state index < -0.39 is 6.10 Å². The average molecular weight is 277 g/mol. The van der Waals surface area contributed by atoms with E-state index in [9.17, 15) is 9.50 Å². The quantitative estimate of drug-likeness (QED) is 0.817. The SMILES string of the molecule is CC(CCc1ccco1)NCC(O)c1ccccc1F. The first-order valence-electron chi connectivity index (χ1n) is 6.85. The predicted molar refractivity (Wildman–Crippen MR) is 75.9 cm³/mol. The van der Waals surface area contributed by atoms with Gasteiger partial charge in [-0.15, -0.1) is 0 Å². The maximum atomic E-state index is 13.5. The number of benzene rings is 1. The Labute approximate surface area is 118 Å². The third kappa shape index (κ3) is 4.18. The second-order valence-electron chi connectivity index (χ2n) is 4.96. The maximum Gasteiger partial charge on any atom is 0.129 e. The molecule has 1 heterocycles. The normalized spacial score (nSPS) is 14.2. The highest BCUT2D eigenvalue weighted by Crippen LogP contribution is 2.16. The molecule has 0 radical (unpaired) electrons. The number of rotatable bonds is 7. The molecule has 1 aromatic heterocycles. The number of aryl methyl sites for hydroxylation is 1. The van der Waals surface area contributed by atoms with Crippen molar-refractivity contribution in [1.29, 1.82) is 0 Å². The van der Waals surface area contributed by atoms with Crippen LogP contribution in [0.5, 0.6) is 0 Å². The van der Waals surface area contributed by atoms with Crippen molar-refractivity contribution in [3.05, 3.63) is 59.8 Å². The average Bonchev–Trinajstić information content (AvgIpc) is 2.96. The van der Waals surface area contributed by atoms with Gasteiger partial charge in [0, 0.05) is 24.6 Å². The van der Waals surface area contributed by atoms with Gasteiger partial charge in [0.1, 0.15) is 11.6 Å². The molecule has 0 fully saturated rings. The summed E-state index contributed by atoms with van der Waals surface area (Å²) in [6.45, 7) is 2.37. The third-order valence-electron chi connectivity index (χ3n) is 3.33. The molecule has 4 heteroatoms. The Morgan fingerprint density at radius 1 is 1.25 bits per heavy atom. The summed E-state index contributed by atoms with van der Waals surface area (Å²) in [5.41, 5.74) is 0.332. The van der Waals surface area contributed by atoms with Gasteiger partial charge in [-0.25, -0.2) is 4.39 Å². The Bertz CT molecular complexity index is 513. The van der Waals surface area contributed by atoms with Gasteiger partial charge < -0.3 is 14.8 Å². The van der Waals surface area contributed by atoms with Gasteiger partial charge in [-0.3, -0.25) is 0 Å². The van der Waals surface area contributed by atoms with E-state index in [0.717, 1.165) is 18.6 Å². The second kappa shape index (κ2) is 7.22. The van der Waals surface area contributed by atoms with Gasteiger partial charge in [-0.1, -0.05) is 18.2 Å². The zero-order chi connectivity index (χ0) is 14.4. The van der Waals surface area contributed by atoms with E-state index in [-0.39, 0.29) is 11.9 Å².